The number of terminal acetylenes is 1. The van der Waals surface area contributed by atoms with Gasteiger partial charge in [0.05, 0.1) is 0 Å². The van der Waals surface area contributed by atoms with E-state index in [0.717, 1.165) is 10.6 Å². The van der Waals surface area contributed by atoms with Gasteiger partial charge in [-0.2, -0.15) is 0 Å². The fourth-order valence-electron chi connectivity index (χ4n) is 1.50. The van der Waals surface area contributed by atoms with Crippen LogP contribution in [0.3, 0.4) is 0 Å². The molecule has 0 fully saturated rings. The molecule has 2 aromatic rings. The number of thiazole rings is 1. The van der Waals surface area contributed by atoms with Gasteiger partial charge < -0.3 is 5.84 Å². The van der Waals surface area contributed by atoms with Gasteiger partial charge in [-0.1, -0.05) is 23.6 Å². The van der Waals surface area contributed by atoms with Gasteiger partial charge >= 0.3 is 0 Å². The number of nitrogens with zero attached hydrogens (tertiary/aromatic N) is 3. The van der Waals surface area contributed by atoms with E-state index in [0.29, 0.717) is 22.9 Å². The van der Waals surface area contributed by atoms with Crippen LogP contribution in [-0.4, -0.2) is 16.2 Å². The van der Waals surface area contributed by atoms with E-state index in [-0.39, 0.29) is 0 Å². The minimum Gasteiger partial charge on any atom is -0.338 e. The summed E-state index contributed by atoms with van der Waals surface area (Å²) in [6.45, 7) is 0.313. The highest BCUT2D eigenvalue weighted by atomic mass is 35.5. The van der Waals surface area contributed by atoms with Gasteiger partial charge in [-0.15, -0.1) is 17.8 Å². The predicted octanol–water partition coefficient (Wildman–Crippen LogP) is 1.44. The van der Waals surface area contributed by atoms with Crippen LogP contribution in [0.2, 0.25) is 4.47 Å². The Morgan fingerprint density at radius 3 is 3.06 bits per heavy atom. The molecule has 0 aliphatic rings. The van der Waals surface area contributed by atoms with Crippen molar-refractivity contribution in [1.82, 2.24) is 9.66 Å². The molecule has 0 amide bonds. The number of nitrogens with two attached hydrogens (primary N) is 1. The van der Waals surface area contributed by atoms with E-state index in [4.69, 9.17) is 23.9 Å². The van der Waals surface area contributed by atoms with Crippen molar-refractivity contribution >= 4 is 22.9 Å². The third-order valence-electron chi connectivity index (χ3n) is 2.30. The SMILES string of the molecule is C#CC/N=c1\cccc(Cc2cnc(Cl)s2)n1N. The number of halogens is 1. The Kier molecular flexibility index (Phi) is 4.03. The Morgan fingerprint density at radius 2 is 2.39 bits per heavy atom. The second kappa shape index (κ2) is 5.71. The molecule has 0 radical (unpaired) electrons. The first-order chi connectivity index (χ1) is 8.70. The van der Waals surface area contributed by atoms with E-state index in [1.807, 2.05) is 18.2 Å². The first-order valence-corrected chi connectivity index (χ1v) is 6.40. The molecule has 4 nitrogen and oxygen atoms in total. The Bertz CT molecular complexity index is 651. The summed E-state index contributed by atoms with van der Waals surface area (Å²) in [6, 6.07) is 5.65. The quantitative estimate of drug-likeness (QED) is 0.682. The first-order valence-electron chi connectivity index (χ1n) is 5.21. The van der Waals surface area contributed by atoms with Crippen molar-refractivity contribution in [3.05, 3.63) is 44.9 Å². The van der Waals surface area contributed by atoms with Crippen LogP contribution in [0.1, 0.15) is 10.6 Å². The first kappa shape index (κ1) is 12.7. The van der Waals surface area contributed by atoms with Crippen molar-refractivity contribution in [2.24, 2.45) is 4.99 Å². The van der Waals surface area contributed by atoms with Gasteiger partial charge in [0, 0.05) is 23.2 Å². The van der Waals surface area contributed by atoms with Crippen LogP contribution in [0, 0.1) is 12.3 Å². The third kappa shape index (κ3) is 2.92. The van der Waals surface area contributed by atoms with Gasteiger partial charge in [0.25, 0.3) is 0 Å². The van der Waals surface area contributed by atoms with E-state index in [2.05, 4.69) is 15.9 Å². The fraction of sp³-hybridized carbons (Fsp3) is 0.167. The lowest BCUT2D eigenvalue weighted by Crippen LogP contribution is -2.30. The fourth-order valence-corrected chi connectivity index (χ4v) is 2.49. The van der Waals surface area contributed by atoms with Gasteiger partial charge in [-0.3, -0.25) is 4.99 Å². The molecular formula is C12H11ClN4S. The Balaban J connectivity index is 2.32. The zero-order valence-corrected chi connectivity index (χ0v) is 11.1. The summed E-state index contributed by atoms with van der Waals surface area (Å²) in [5.74, 6) is 8.44. The maximum absolute atomic E-state index is 5.98. The Morgan fingerprint density at radius 1 is 1.56 bits per heavy atom. The van der Waals surface area contributed by atoms with Crippen LogP contribution in [0.25, 0.3) is 0 Å². The maximum Gasteiger partial charge on any atom is 0.183 e. The summed E-state index contributed by atoms with van der Waals surface area (Å²) >= 11 is 7.23. The molecule has 0 atom stereocenters. The average molecular weight is 279 g/mol. The summed E-state index contributed by atoms with van der Waals surface area (Å²) in [5, 5.41) is 0. The van der Waals surface area contributed by atoms with Gasteiger partial charge in [-0.05, 0) is 12.1 Å². The molecule has 0 saturated carbocycles. The van der Waals surface area contributed by atoms with Crippen LogP contribution in [0.5, 0.6) is 0 Å². The molecule has 2 aromatic heterocycles. The molecule has 18 heavy (non-hydrogen) atoms. The lowest BCUT2D eigenvalue weighted by molar-refractivity contribution is 0.820. The van der Waals surface area contributed by atoms with Crippen molar-refractivity contribution in [2.45, 2.75) is 6.42 Å². The van der Waals surface area contributed by atoms with Gasteiger partial charge in [-0.25, -0.2) is 9.66 Å². The molecule has 2 N–H and O–H groups in total. The van der Waals surface area contributed by atoms with E-state index in [1.54, 1.807) is 6.20 Å². The van der Waals surface area contributed by atoms with Crippen molar-refractivity contribution in [1.29, 1.82) is 0 Å². The van der Waals surface area contributed by atoms with Crippen LogP contribution >= 0.6 is 22.9 Å². The number of nitrogen functional groups attached to an aromatic ring is 1. The van der Waals surface area contributed by atoms with E-state index >= 15 is 0 Å². The smallest absolute Gasteiger partial charge is 0.183 e. The minimum absolute atomic E-state index is 0.313. The number of aromatic nitrogens is 2. The molecule has 92 valence electrons. The zero-order chi connectivity index (χ0) is 13.0. The van der Waals surface area contributed by atoms with Crippen LogP contribution in [0.15, 0.2) is 29.4 Å². The normalized spacial score (nSPS) is 11.4. The summed E-state index contributed by atoms with van der Waals surface area (Å²) in [6.07, 6.45) is 7.59. The molecule has 2 rings (SSSR count). The Hall–Kier alpha value is -1.77. The second-order valence-electron chi connectivity index (χ2n) is 3.52. The van der Waals surface area contributed by atoms with Gasteiger partial charge in [0.1, 0.15) is 12.0 Å². The van der Waals surface area contributed by atoms with Gasteiger partial charge in [0.2, 0.25) is 0 Å². The summed E-state index contributed by atoms with van der Waals surface area (Å²) < 4.78 is 2.06. The number of pyridine rings is 1. The predicted molar refractivity (Wildman–Crippen MR) is 73.8 cm³/mol. The number of hydrogen-bond donors (Lipinski definition) is 1. The van der Waals surface area contributed by atoms with Crippen molar-refractivity contribution in [3.8, 4) is 12.3 Å². The van der Waals surface area contributed by atoms with E-state index < -0.39 is 0 Å². The van der Waals surface area contributed by atoms with Gasteiger partial charge in [0.15, 0.2) is 4.47 Å². The molecule has 6 heteroatoms. The molecule has 0 bridgehead atoms. The molecule has 0 aliphatic heterocycles. The largest absolute Gasteiger partial charge is 0.338 e. The lowest BCUT2D eigenvalue weighted by Gasteiger charge is -2.07. The summed E-state index contributed by atoms with van der Waals surface area (Å²) in [7, 11) is 0. The second-order valence-corrected chi connectivity index (χ2v) is 5.22. The van der Waals surface area contributed by atoms with Crippen molar-refractivity contribution < 1.29 is 0 Å². The highest BCUT2D eigenvalue weighted by Crippen LogP contribution is 2.19. The highest BCUT2D eigenvalue weighted by molar-refractivity contribution is 7.15. The topological polar surface area (TPSA) is 56.2 Å². The molecule has 0 spiro atoms. The summed E-state index contributed by atoms with van der Waals surface area (Å²) in [4.78, 5) is 9.24. The molecule has 0 unspecified atom stereocenters. The minimum atomic E-state index is 0.313. The standard InChI is InChI=1S/C12H11ClN4S/c1-2-6-15-11-5-3-4-9(17(11)14)7-10-8-16-12(13)18-10/h1,3-5,8H,6-7,14H2/b15-11+. The lowest BCUT2D eigenvalue weighted by atomic mass is 10.2. The van der Waals surface area contributed by atoms with Crippen LogP contribution < -0.4 is 11.3 Å². The molecule has 0 aliphatic carbocycles. The third-order valence-corrected chi connectivity index (χ3v) is 3.42. The molecule has 2 heterocycles. The number of rotatable bonds is 3. The number of hydrogen-bond acceptors (Lipinski definition) is 4. The van der Waals surface area contributed by atoms with E-state index in [1.165, 1.54) is 16.0 Å². The maximum atomic E-state index is 5.98. The van der Waals surface area contributed by atoms with Crippen molar-refractivity contribution in [2.75, 3.05) is 12.4 Å². The van der Waals surface area contributed by atoms with E-state index in [9.17, 15) is 0 Å². The van der Waals surface area contributed by atoms with Crippen LogP contribution in [-0.2, 0) is 6.42 Å². The average Bonchev–Trinajstić information content (AvgIpc) is 2.76. The molecule has 0 saturated heterocycles. The monoisotopic (exact) mass is 278 g/mol. The Labute approximate surface area is 114 Å². The van der Waals surface area contributed by atoms with Crippen molar-refractivity contribution in [3.63, 3.8) is 0 Å². The highest BCUT2D eigenvalue weighted by Gasteiger charge is 2.04. The zero-order valence-electron chi connectivity index (χ0n) is 9.51. The van der Waals surface area contributed by atoms with Crippen LogP contribution in [0.4, 0.5) is 0 Å². The molecular weight excluding hydrogens is 268 g/mol. The summed E-state index contributed by atoms with van der Waals surface area (Å²) in [5.41, 5.74) is 1.58. The molecule has 0 aromatic carbocycles.